The lowest BCUT2D eigenvalue weighted by Gasteiger charge is -2.19. The van der Waals surface area contributed by atoms with Crippen LogP contribution in [0.15, 0.2) is 84.1 Å². The van der Waals surface area contributed by atoms with Gasteiger partial charge in [0.2, 0.25) is 5.88 Å². The molecule has 0 amide bonds. The van der Waals surface area contributed by atoms with E-state index in [-0.39, 0.29) is 0 Å². The number of benzene rings is 2. The number of aryl methyl sites for hydroxylation is 1. The zero-order valence-corrected chi connectivity index (χ0v) is 16.6. The number of ether oxygens (including phenoxy) is 1. The van der Waals surface area contributed by atoms with Crippen molar-refractivity contribution >= 4 is 23.1 Å². The fourth-order valence-corrected chi connectivity index (χ4v) is 4.37. The van der Waals surface area contributed by atoms with Crippen molar-refractivity contribution in [2.75, 3.05) is 10.8 Å². The maximum Gasteiger partial charge on any atom is 0.246 e. The molecule has 0 atom stereocenters. The molecule has 4 aromatic rings. The SMILES string of the molecule is Cc1cc(-c2nccnc2Oc2ccc(N3CSc4ccccc43)cc2)ccn1. The van der Waals surface area contributed by atoms with E-state index >= 15 is 0 Å². The molecule has 2 aromatic heterocycles. The van der Waals surface area contributed by atoms with Crippen molar-refractivity contribution in [1.29, 1.82) is 0 Å². The Morgan fingerprint density at radius 3 is 2.59 bits per heavy atom. The van der Waals surface area contributed by atoms with Gasteiger partial charge in [0.25, 0.3) is 0 Å². The van der Waals surface area contributed by atoms with Crippen molar-refractivity contribution in [1.82, 2.24) is 15.0 Å². The minimum Gasteiger partial charge on any atom is -0.437 e. The summed E-state index contributed by atoms with van der Waals surface area (Å²) in [5.74, 6) is 2.12. The van der Waals surface area contributed by atoms with Crippen molar-refractivity contribution < 1.29 is 4.74 Å². The minimum atomic E-state index is 0.480. The van der Waals surface area contributed by atoms with Crippen LogP contribution in [-0.2, 0) is 0 Å². The summed E-state index contributed by atoms with van der Waals surface area (Å²) in [5.41, 5.74) is 4.94. The quantitative estimate of drug-likeness (QED) is 0.430. The van der Waals surface area contributed by atoms with Gasteiger partial charge >= 0.3 is 0 Å². The lowest BCUT2D eigenvalue weighted by Crippen LogP contribution is -2.11. The lowest BCUT2D eigenvalue weighted by molar-refractivity contribution is 0.462. The Morgan fingerprint density at radius 1 is 0.897 bits per heavy atom. The van der Waals surface area contributed by atoms with Gasteiger partial charge in [0, 0.05) is 40.4 Å². The number of para-hydroxylation sites is 1. The van der Waals surface area contributed by atoms with Crippen LogP contribution in [0.1, 0.15) is 5.69 Å². The smallest absolute Gasteiger partial charge is 0.246 e. The van der Waals surface area contributed by atoms with Gasteiger partial charge in [-0.3, -0.25) is 4.98 Å². The van der Waals surface area contributed by atoms with Crippen LogP contribution in [0.5, 0.6) is 11.6 Å². The molecule has 0 N–H and O–H groups in total. The van der Waals surface area contributed by atoms with Crippen LogP contribution in [0.25, 0.3) is 11.3 Å². The van der Waals surface area contributed by atoms with E-state index in [0.717, 1.165) is 28.6 Å². The van der Waals surface area contributed by atoms with Crippen molar-refractivity contribution in [2.24, 2.45) is 0 Å². The third kappa shape index (κ3) is 3.54. The van der Waals surface area contributed by atoms with Crippen LogP contribution in [0.3, 0.4) is 0 Å². The molecular weight excluding hydrogens is 380 g/mol. The predicted molar refractivity (Wildman–Crippen MR) is 116 cm³/mol. The standard InChI is InChI=1S/C23H18N4OS/c1-16-14-17(10-11-24-16)22-23(26-13-12-25-22)28-19-8-6-18(7-9-19)27-15-29-21-5-3-2-4-20(21)27/h2-14H,15H2,1H3. The highest BCUT2D eigenvalue weighted by molar-refractivity contribution is 7.99. The summed E-state index contributed by atoms with van der Waals surface area (Å²) in [6.07, 6.45) is 5.08. The number of hydrogen-bond acceptors (Lipinski definition) is 6. The van der Waals surface area contributed by atoms with Crippen molar-refractivity contribution in [3.8, 4) is 22.9 Å². The molecule has 0 radical (unpaired) electrons. The van der Waals surface area contributed by atoms with Gasteiger partial charge in [0.05, 0.1) is 11.6 Å². The summed E-state index contributed by atoms with van der Waals surface area (Å²) in [6.45, 7) is 1.95. The Morgan fingerprint density at radius 2 is 1.72 bits per heavy atom. The maximum atomic E-state index is 6.07. The van der Waals surface area contributed by atoms with Crippen molar-refractivity contribution in [3.63, 3.8) is 0 Å². The molecule has 0 unspecified atom stereocenters. The number of anilines is 2. The molecule has 1 aliphatic heterocycles. The van der Waals surface area contributed by atoms with Crippen LogP contribution in [0, 0.1) is 6.92 Å². The first-order chi connectivity index (χ1) is 14.3. The highest BCUT2D eigenvalue weighted by Gasteiger charge is 2.20. The summed E-state index contributed by atoms with van der Waals surface area (Å²) >= 11 is 1.85. The molecule has 0 aliphatic carbocycles. The number of thioether (sulfide) groups is 1. The largest absolute Gasteiger partial charge is 0.437 e. The van der Waals surface area contributed by atoms with Gasteiger partial charge in [0.15, 0.2) is 0 Å². The monoisotopic (exact) mass is 398 g/mol. The van der Waals surface area contributed by atoms with E-state index in [4.69, 9.17) is 4.74 Å². The van der Waals surface area contributed by atoms with E-state index in [2.05, 4.69) is 56.3 Å². The molecule has 0 saturated heterocycles. The van der Waals surface area contributed by atoms with Gasteiger partial charge in [-0.05, 0) is 55.5 Å². The molecule has 142 valence electrons. The normalized spacial score (nSPS) is 12.7. The maximum absolute atomic E-state index is 6.07. The summed E-state index contributed by atoms with van der Waals surface area (Å²) in [5, 5.41) is 0. The molecule has 5 nitrogen and oxygen atoms in total. The molecule has 1 aliphatic rings. The fourth-order valence-electron chi connectivity index (χ4n) is 3.32. The highest BCUT2D eigenvalue weighted by Crippen LogP contribution is 2.42. The van der Waals surface area contributed by atoms with Gasteiger partial charge < -0.3 is 9.64 Å². The first-order valence-electron chi connectivity index (χ1n) is 9.29. The van der Waals surface area contributed by atoms with Gasteiger partial charge in [-0.15, -0.1) is 11.8 Å². The topological polar surface area (TPSA) is 51.1 Å². The van der Waals surface area contributed by atoms with E-state index in [9.17, 15) is 0 Å². The van der Waals surface area contributed by atoms with E-state index in [0.29, 0.717) is 11.6 Å². The molecule has 0 spiro atoms. The van der Waals surface area contributed by atoms with Gasteiger partial charge in [0.1, 0.15) is 11.4 Å². The number of rotatable bonds is 4. The molecule has 29 heavy (non-hydrogen) atoms. The summed E-state index contributed by atoms with van der Waals surface area (Å²) in [7, 11) is 0. The van der Waals surface area contributed by atoms with E-state index in [1.54, 1.807) is 18.6 Å². The first-order valence-corrected chi connectivity index (χ1v) is 10.3. The molecule has 0 bridgehead atoms. The summed E-state index contributed by atoms with van der Waals surface area (Å²) in [6, 6.07) is 20.4. The van der Waals surface area contributed by atoms with Crippen LogP contribution in [-0.4, -0.2) is 20.8 Å². The molecule has 0 saturated carbocycles. The Balaban J connectivity index is 1.40. The lowest BCUT2D eigenvalue weighted by atomic mass is 10.1. The van der Waals surface area contributed by atoms with Crippen LogP contribution < -0.4 is 9.64 Å². The molecule has 6 heteroatoms. The Kier molecular flexibility index (Phi) is 4.62. The van der Waals surface area contributed by atoms with Crippen molar-refractivity contribution in [3.05, 3.63) is 84.9 Å². The predicted octanol–water partition coefficient (Wildman–Crippen LogP) is 5.84. The molecule has 2 aromatic carbocycles. The fraction of sp³-hybridized carbons (Fsp3) is 0.0870. The average Bonchev–Trinajstić information content (AvgIpc) is 3.19. The summed E-state index contributed by atoms with van der Waals surface area (Å²) in [4.78, 5) is 16.7. The van der Waals surface area contributed by atoms with Gasteiger partial charge in [-0.2, -0.15) is 0 Å². The second kappa shape index (κ2) is 7.56. The number of aromatic nitrogens is 3. The first kappa shape index (κ1) is 17.7. The van der Waals surface area contributed by atoms with Gasteiger partial charge in [-0.1, -0.05) is 12.1 Å². The molecule has 0 fully saturated rings. The number of fused-ring (bicyclic) bond motifs is 1. The third-order valence-corrected chi connectivity index (χ3v) is 5.75. The number of hydrogen-bond donors (Lipinski definition) is 0. The summed E-state index contributed by atoms with van der Waals surface area (Å²) < 4.78 is 6.07. The van der Waals surface area contributed by atoms with E-state index in [1.807, 2.05) is 43.0 Å². The second-order valence-electron chi connectivity index (χ2n) is 6.66. The minimum absolute atomic E-state index is 0.480. The zero-order valence-electron chi connectivity index (χ0n) is 15.8. The van der Waals surface area contributed by atoms with E-state index < -0.39 is 0 Å². The van der Waals surface area contributed by atoms with Crippen LogP contribution in [0.4, 0.5) is 11.4 Å². The molecular formula is C23H18N4OS. The number of pyridine rings is 1. The molecule has 5 rings (SSSR count). The third-order valence-electron chi connectivity index (χ3n) is 4.70. The Bertz CT molecular complexity index is 1160. The number of nitrogens with zero attached hydrogens (tertiary/aromatic N) is 4. The van der Waals surface area contributed by atoms with E-state index in [1.165, 1.54) is 10.6 Å². The van der Waals surface area contributed by atoms with Gasteiger partial charge in [-0.25, -0.2) is 9.97 Å². The Labute approximate surface area is 173 Å². The van der Waals surface area contributed by atoms with Crippen LogP contribution in [0.2, 0.25) is 0 Å². The highest BCUT2D eigenvalue weighted by atomic mass is 32.2. The zero-order chi connectivity index (χ0) is 19.6. The van der Waals surface area contributed by atoms with Crippen LogP contribution >= 0.6 is 11.8 Å². The molecule has 3 heterocycles. The average molecular weight is 398 g/mol. The van der Waals surface area contributed by atoms with Crippen molar-refractivity contribution in [2.45, 2.75) is 11.8 Å². The Hall–Kier alpha value is -3.38. The second-order valence-corrected chi connectivity index (χ2v) is 7.65.